The van der Waals surface area contributed by atoms with Crippen LogP contribution in [0.3, 0.4) is 0 Å². The summed E-state index contributed by atoms with van der Waals surface area (Å²) in [6.07, 6.45) is 3.43. The number of nitrogens with zero attached hydrogens (tertiary/aromatic N) is 2. The van der Waals surface area contributed by atoms with Crippen LogP contribution in [0, 0.1) is 0 Å². The lowest BCUT2D eigenvalue weighted by Crippen LogP contribution is -2.28. The van der Waals surface area contributed by atoms with E-state index in [4.69, 9.17) is 4.42 Å². The molecule has 0 saturated carbocycles. The number of amides is 3. The maximum atomic E-state index is 12.5. The number of anilines is 2. The largest absolute Gasteiger partial charge is 0.435 e. The van der Waals surface area contributed by atoms with Crippen LogP contribution in [0.5, 0.6) is 0 Å². The molecule has 9 nitrogen and oxygen atoms in total. The maximum absolute atomic E-state index is 12.5. The molecule has 2 heterocycles. The van der Waals surface area contributed by atoms with E-state index in [-0.39, 0.29) is 23.5 Å². The van der Waals surface area contributed by atoms with E-state index in [0.29, 0.717) is 24.5 Å². The van der Waals surface area contributed by atoms with Gasteiger partial charge < -0.3 is 24.5 Å². The SMILES string of the molecule is CCCn1cc(NC(=O)c2ccc(NC(C)=O)o2)cc1C(=O)NCCCN(C)C. The first kappa shape index (κ1) is 22.2. The van der Waals surface area contributed by atoms with Crippen LogP contribution in [0.15, 0.2) is 28.8 Å². The average molecular weight is 403 g/mol. The lowest BCUT2D eigenvalue weighted by Gasteiger charge is -2.11. The van der Waals surface area contributed by atoms with Gasteiger partial charge in [-0.05, 0) is 45.6 Å². The number of aryl methyl sites for hydroxylation is 1. The standard InChI is InChI=1S/C20H29N5O4/c1-5-10-25-13-15(12-16(25)19(27)21-9-6-11-24(3)4)23-20(28)17-7-8-18(29-17)22-14(2)26/h7-8,12-13H,5-6,9-11H2,1-4H3,(H,21,27)(H,22,26)(H,23,28). The van der Waals surface area contributed by atoms with E-state index in [0.717, 1.165) is 19.4 Å². The van der Waals surface area contributed by atoms with Gasteiger partial charge in [0.1, 0.15) is 5.69 Å². The minimum Gasteiger partial charge on any atom is -0.435 e. The molecule has 0 atom stereocenters. The summed E-state index contributed by atoms with van der Waals surface area (Å²) in [5, 5.41) is 8.12. The van der Waals surface area contributed by atoms with Crippen molar-refractivity contribution in [3.63, 3.8) is 0 Å². The highest BCUT2D eigenvalue weighted by Gasteiger charge is 2.17. The Labute approximate surface area is 170 Å². The van der Waals surface area contributed by atoms with Gasteiger partial charge in [0.2, 0.25) is 5.91 Å². The molecule has 0 fully saturated rings. The highest BCUT2D eigenvalue weighted by Crippen LogP contribution is 2.18. The van der Waals surface area contributed by atoms with Gasteiger partial charge in [-0.2, -0.15) is 0 Å². The molecule has 2 rings (SSSR count). The Bertz CT molecular complexity index is 853. The summed E-state index contributed by atoms with van der Waals surface area (Å²) in [4.78, 5) is 38.1. The molecule has 2 aromatic heterocycles. The number of hydrogen-bond donors (Lipinski definition) is 3. The molecule has 0 saturated heterocycles. The van der Waals surface area contributed by atoms with Crippen molar-refractivity contribution in [2.75, 3.05) is 37.8 Å². The minimum absolute atomic E-state index is 0.0617. The molecular weight excluding hydrogens is 374 g/mol. The van der Waals surface area contributed by atoms with Crippen LogP contribution in [-0.2, 0) is 11.3 Å². The first-order valence-electron chi connectivity index (χ1n) is 9.62. The van der Waals surface area contributed by atoms with Crippen LogP contribution in [0.1, 0.15) is 47.7 Å². The van der Waals surface area contributed by atoms with E-state index in [1.807, 2.05) is 25.6 Å². The molecule has 0 aliphatic carbocycles. The summed E-state index contributed by atoms with van der Waals surface area (Å²) < 4.78 is 7.13. The molecule has 3 amide bonds. The first-order chi connectivity index (χ1) is 13.8. The number of carbonyl (C=O) groups excluding carboxylic acids is 3. The molecule has 0 bridgehead atoms. The number of hydrogen-bond acceptors (Lipinski definition) is 5. The van der Waals surface area contributed by atoms with Gasteiger partial charge in [-0.3, -0.25) is 19.7 Å². The minimum atomic E-state index is -0.465. The summed E-state index contributed by atoms with van der Waals surface area (Å²) in [7, 11) is 3.97. The van der Waals surface area contributed by atoms with Crippen molar-refractivity contribution in [2.24, 2.45) is 0 Å². The second-order valence-electron chi connectivity index (χ2n) is 7.02. The topological polar surface area (TPSA) is 109 Å². The fraction of sp³-hybridized carbons (Fsp3) is 0.450. The zero-order valence-electron chi connectivity index (χ0n) is 17.4. The van der Waals surface area contributed by atoms with E-state index in [1.54, 1.807) is 12.3 Å². The van der Waals surface area contributed by atoms with Crippen molar-refractivity contribution in [1.29, 1.82) is 0 Å². The van der Waals surface area contributed by atoms with Gasteiger partial charge in [0, 0.05) is 32.3 Å². The molecule has 0 aliphatic rings. The van der Waals surface area contributed by atoms with Gasteiger partial charge in [0.15, 0.2) is 11.6 Å². The Morgan fingerprint density at radius 3 is 2.55 bits per heavy atom. The van der Waals surface area contributed by atoms with E-state index >= 15 is 0 Å². The Morgan fingerprint density at radius 1 is 1.14 bits per heavy atom. The van der Waals surface area contributed by atoms with Gasteiger partial charge in [0.25, 0.3) is 11.8 Å². The second-order valence-corrected chi connectivity index (χ2v) is 7.02. The molecule has 0 radical (unpaired) electrons. The normalized spacial score (nSPS) is 10.8. The molecule has 0 aliphatic heterocycles. The lowest BCUT2D eigenvalue weighted by atomic mass is 10.3. The molecular formula is C20H29N5O4. The number of nitrogens with one attached hydrogen (secondary N) is 3. The van der Waals surface area contributed by atoms with E-state index in [2.05, 4.69) is 20.9 Å². The third kappa shape index (κ3) is 6.79. The third-order valence-electron chi connectivity index (χ3n) is 4.05. The summed E-state index contributed by atoms with van der Waals surface area (Å²) in [6, 6.07) is 4.62. The van der Waals surface area contributed by atoms with E-state index in [1.165, 1.54) is 19.1 Å². The van der Waals surface area contributed by atoms with E-state index in [9.17, 15) is 14.4 Å². The van der Waals surface area contributed by atoms with Crippen molar-refractivity contribution in [1.82, 2.24) is 14.8 Å². The van der Waals surface area contributed by atoms with Crippen LogP contribution in [0.25, 0.3) is 0 Å². The maximum Gasteiger partial charge on any atom is 0.291 e. The Morgan fingerprint density at radius 2 is 1.90 bits per heavy atom. The number of furan rings is 1. The quantitative estimate of drug-likeness (QED) is 0.528. The molecule has 0 aromatic carbocycles. The van der Waals surface area contributed by atoms with Crippen molar-refractivity contribution in [3.8, 4) is 0 Å². The summed E-state index contributed by atoms with van der Waals surface area (Å²) in [5.41, 5.74) is 0.991. The van der Waals surface area contributed by atoms with Gasteiger partial charge >= 0.3 is 0 Å². The molecule has 2 aromatic rings. The van der Waals surface area contributed by atoms with Crippen LogP contribution in [-0.4, -0.2) is 54.4 Å². The Kier molecular flexibility index (Phi) is 8.02. The van der Waals surface area contributed by atoms with Crippen molar-refractivity contribution < 1.29 is 18.8 Å². The molecule has 29 heavy (non-hydrogen) atoms. The zero-order valence-corrected chi connectivity index (χ0v) is 17.4. The first-order valence-corrected chi connectivity index (χ1v) is 9.62. The molecule has 158 valence electrons. The van der Waals surface area contributed by atoms with Gasteiger partial charge in [0.05, 0.1) is 5.69 Å². The number of carbonyl (C=O) groups is 3. The van der Waals surface area contributed by atoms with Gasteiger partial charge in [-0.25, -0.2) is 0 Å². The lowest BCUT2D eigenvalue weighted by molar-refractivity contribution is -0.114. The Balaban J connectivity index is 2.04. The molecule has 3 N–H and O–H groups in total. The average Bonchev–Trinajstić information content (AvgIpc) is 3.25. The highest BCUT2D eigenvalue weighted by atomic mass is 16.4. The van der Waals surface area contributed by atoms with E-state index < -0.39 is 5.91 Å². The number of rotatable bonds is 10. The summed E-state index contributed by atoms with van der Waals surface area (Å²) in [6.45, 7) is 5.49. The van der Waals surface area contributed by atoms with Crippen molar-refractivity contribution >= 4 is 29.3 Å². The fourth-order valence-corrected chi connectivity index (χ4v) is 2.78. The third-order valence-corrected chi connectivity index (χ3v) is 4.05. The zero-order chi connectivity index (χ0) is 21.4. The molecule has 0 spiro atoms. The van der Waals surface area contributed by atoms with Crippen LogP contribution in [0.2, 0.25) is 0 Å². The van der Waals surface area contributed by atoms with Crippen LogP contribution < -0.4 is 16.0 Å². The smallest absolute Gasteiger partial charge is 0.291 e. The van der Waals surface area contributed by atoms with Crippen LogP contribution in [0.4, 0.5) is 11.6 Å². The van der Waals surface area contributed by atoms with Crippen LogP contribution >= 0.6 is 0 Å². The monoisotopic (exact) mass is 403 g/mol. The summed E-state index contributed by atoms with van der Waals surface area (Å²) >= 11 is 0. The fourth-order valence-electron chi connectivity index (χ4n) is 2.78. The van der Waals surface area contributed by atoms with Gasteiger partial charge in [-0.15, -0.1) is 0 Å². The second kappa shape index (κ2) is 10.5. The van der Waals surface area contributed by atoms with Crippen molar-refractivity contribution in [2.45, 2.75) is 33.2 Å². The highest BCUT2D eigenvalue weighted by molar-refractivity contribution is 6.03. The van der Waals surface area contributed by atoms with Crippen molar-refractivity contribution in [3.05, 3.63) is 35.9 Å². The number of aromatic nitrogens is 1. The predicted octanol–water partition coefficient (Wildman–Crippen LogP) is 2.38. The summed E-state index contributed by atoms with van der Waals surface area (Å²) in [5.74, 6) is -0.670. The van der Waals surface area contributed by atoms with Gasteiger partial charge in [-0.1, -0.05) is 6.92 Å². The predicted molar refractivity (Wildman–Crippen MR) is 111 cm³/mol. The molecule has 9 heteroatoms. The Hall–Kier alpha value is -3.07. The molecule has 0 unspecified atom stereocenters.